The second kappa shape index (κ2) is 6.80. The summed E-state index contributed by atoms with van der Waals surface area (Å²) in [5.41, 5.74) is 0.178. The number of carbonyl (C=O) groups is 1. The summed E-state index contributed by atoms with van der Waals surface area (Å²) in [5.74, 6) is -0.886. The van der Waals surface area contributed by atoms with Gasteiger partial charge in [-0.1, -0.05) is 18.3 Å². The number of esters is 1. The summed E-state index contributed by atoms with van der Waals surface area (Å²) in [6, 6.07) is 0. The number of hydrogen-bond acceptors (Lipinski definition) is 4. The molecule has 0 aliphatic heterocycles. The number of carbonyl (C=O) groups excluding carboxylic acids is 1. The zero-order chi connectivity index (χ0) is 12.8. The molecule has 0 saturated carbocycles. The van der Waals surface area contributed by atoms with E-state index in [0.29, 0.717) is 0 Å². The third-order valence-corrected chi connectivity index (χ3v) is 2.37. The van der Waals surface area contributed by atoms with Crippen LogP contribution in [0.2, 0.25) is 0 Å². The van der Waals surface area contributed by atoms with Gasteiger partial charge in [-0.05, 0) is 6.92 Å². The van der Waals surface area contributed by atoms with Crippen LogP contribution in [-0.2, 0) is 14.3 Å². The Labute approximate surface area is 96.0 Å². The molecular formula is C9H13F3O3S. The van der Waals surface area contributed by atoms with Gasteiger partial charge < -0.3 is 9.47 Å². The van der Waals surface area contributed by atoms with Crippen molar-refractivity contribution in [3.8, 4) is 0 Å². The van der Waals surface area contributed by atoms with E-state index in [0.717, 1.165) is 7.11 Å². The lowest BCUT2D eigenvalue weighted by Crippen LogP contribution is -2.28. The van der Waals surface area contributed by atoms with Crippen molar-refractivity contribution < 1.29 is 27.4 Å². The van der Waals surface area contributed by atoms with Gasteiger partial charge in [0.2, 0.25) is 0 Å². The monoisotopic (exact) mass is 258 g/mol. The minimum Gasteiger partial charge on any atom is -0.461 e. The topological polar surface area (TPSA) is 35.5 Å². The Kier molecular flexibility index (Phi) is 6.51. The van der Waals surface area contributed by atoms with Crippen LogP contribution in [0, 0.1) is 0 Å². The molecule has 0 radical (unpaired) electrons. The van der Waals surface area contributed by atoms with Crippen molar-refractivity contribution >= 4 is 17.7 Å². The average molecular weight is 258 g/mol. The molecular weight excluding hydrogens is 245 g/mol. The number of ether oxygens (including phenoxy) is 2. The Morgan fingerprint density at radius 2 is 2.12 bits per heavy atom. The number of thioether (sulfide) groups is 1. The third-order valence-electron chi connectivity index (χ3n) is 1.43. The summed E-state index contributed by atoms with van der Waals surface area (Å²) >= 11 is 0.0249. The Hall–Kier alpha value is -0.690. The van der Waals surface area contributed by atoms with Crippen molar-refractivity contribution in [1.29, 1.82) is 0 Å². The summed E-state index contributed by atoms with van der Waals surface area (Å²) < 4.78 is 46.5. The minimum absolute atomic E-state index is 0.0249. The molecule has 3 nitrogen and oxygen atoms in total. The van der Waals surface area contributed by atoms with Crippen LogP contribution in [0.5, 0.6) is 0 Å². The van der Waals surface area contributed by atoms with E-state index in [1.807, 2.05) is 0 Å². The van der Waals surface area contributed by atoms with Crippen LogP contribution >= 0.6 is 11.8 Å². The van der Waals surface area contributed by atoms with Gasteiger partial charge in [0.15, 0.2) is 0 Å². The molecule has 0 aromatic rings. The van der Waals surface area contributed by atoms with Crippen LogP contribution in [0.25, 0.3) is 0 Å². The molecule has 0 saturated heterocycles. The van der Waals surface area contributed by atoms with Crippen LogP contribution in [0.3, 0.4) is 0 Å². The normalized spacial score (nSPS) is 13.3. The smallest absolute Gasteiger partial charge is 0.348 e. The van der Waals surface area contributed by atoms with E-state index in [1.54, 1.807) is 0 Å². The SMILES string of the molecule is C=C(C)C(=O)OCCSC(F)(F)C(F)OC. The summed E-state index contributed by atoms with van der Waals surface area (Å²) in [6.07, 6.45) is -2.67. The van der Waals surface area contributed by atoms with Gasteiger partial charge in [-0.3, -0.25) is 0 Å². The first kappa shape index (κ1) is 15.3. The van der Waals surface area contributed by atoms with E-state index in [2.05, 4.69) is 16.1 Å². The molecule has 16 heavy (non-hydrogen) atoms. The standard InChI is InChI=1S/C9H13F3O3S/c1-6(2)7(13)15-4-5-16-9(11,12)8(10)14-3/h8H,1,4-5H2,2-3H3. The van der Waals surface area contributed by atoms with Crippen LogP contribution in [-0.4, -0.2) is 37.1 Å². The van der Waals surface area contributed by atoms with Crippen LogP contribution < -0.4 is 0 Å². The van der Waals surface area contributed by atoms with Gasteiger partial charge in [0.1, 0.15) is 6.61 Å². The predicted molar refractivity (Wildman–Crippen MR) is 55.1 cm³/mol. The quantitative estimate of drug-likeness (QED) is 0.399. The Balaban J connectivity index is 3.82. The fraction of sp³-hybridized carbons (Fsp3) is 0.667. The summed E-state index contributed by atoms with van der Waals surface area (Å²) in [6.45, 7) is 4.52. The number of halogens is 3. The van der Waals surface area contributed by atoms with Crippen molar-refractivity contribution in [3.63, 3.8) is 0 Å². The van der Waals surface area contributed by atoms with Gasteiger partial charge in [-0.25, -0.2) is 9.18 Å². The van der Waals surface area contributed by atoms with E-state index in [1.165, 1.54) is 6.92 Å². The Bertz CT molecular complexity index is 258. The average Bonchev–Trinajstić information content (AvgIpc) is 2.22. The Morgan fingerprint density at radius 3 is 2.56 bits per heavy atom. The maximum Gasteiger partial charge on any atom is 0.348 e. The maximum atomic E-state index is 12.8. The van der Waals surface area contributed by atoms with Crippen molar-refractivity contribution in [2.24, 2.45) is 0 Å². The molecule has 0 aromatic heterocycles. The van der Waals surface area contributed by atoms with Crippen LogP contribution in [0.1, 0.15) is 6.92 Å². The molecule has 1 unspecified atom stereocenters. The number of methoxy groups -OCH3 is 1. The van der Waals surface area contributed by atoms with E-state index >= 15 is 0 Å². The van der Waals surface area contributed by atoms with Crippen molar-refractivity contribution in [1.82, 2.24) is 0 Å². The number of alkyl halides is 3. The maximum absolute atomic E-state index is 12.8. The fourth-order valence-electron chi connectivity index (χ4n) is 0.638. The van der Waals surface area contributed by atoms with E-state index in [9.17, 15) is 18.0 Å². The minimum atomic E-state index is -3.65. The first-order valence-electron chi connectivity index (χ1n) is 4.32. The van der Waals surface area contributed by atoms with E-state index in [4.69, 9.17) is 0 Å². The van der Waals surface area contributed by atoms with Gasteiger partial charge in [-0.15, -0.1) is 0 Å². The highest BCUT2D eigenvalue weighted by molar-refractivity contribution is 8.00. The van der Waals surface area contributed by atoms with Gasteiger partial charge in [0.05, 0.1) is 0 Å². The van der Waals surface area contributed by atoms with E-state index < -0.39 is 17.6 Å². The fourth-order valence-corrected chi connectivity index (χ4v) is 1.30. The van der Waals surface area contributed by atoms with Gasteiger partial charge in [0, 0.05) is 18.4 Å². The highest BCUT2D eigenvalue weighted by Crippen LogP contribution is 2.34. The first-order chi connectivity index (χ1) is 7.31. The second-order valence-electron chi connectivity index (χ2n) is 2.88. The zero-order valence-corrected chi connectivity index (χ0v) is 9.78. The largest absolute Gasteiger partial charge is 0.461 e. The van der Waals surface area contributed by atoms with Crippen LogP contribution in [0.4, 0.5) is 13.2 Å². The highest BCUT2D eigenvalue weighted by atomic mass is 32.2. The second-order valence-corrected chi connectivity index (χ2v) is 4.12. The molecule has 0 rings (SSSR count). The van der Waals surface area contributed by atoms with Gasteiger partial charge in [0.25, 0.3) is 6.36 Å². The molecule has 1 atom stereocenters. The predicted octanol–water partition coefficient (Wildman–Crippen LogP) is 2.37. The molecule has 0 aliphatic rings. The first-order valence-corrected chi connectivity index (χ1v) is 5.31. The zero-order valence-electron chi connectivity index (χ0n) is 8.97. The molecule has 0 N–H and O–H groups in total. The molecule has 0 heterocycles. The van der Waals surface area contributed by atoms with Crippen molar-refractivity contribution in [3.05, 3.63) is 12.2 Å². The lowest BCUT2D eigenvalue weighted by Gasteiger charge is -2.18. The number of hydrogen-bond donors (Lipinski definition) is 0. The molecule has 0 fully saturated rings. The summed E-state index contributed by atoms with van der Waals surface area (Å²) in [5, 5.41) is -3.65. The molecule has 94 valence electrons. The third kappa shape index (κ3) is 5.41. The molecule has 0 amide bonds. The van der Waals surface area contributed by atoms with E-state index in [-0.39, 0.29) is 29.7 Å². The van der Waals surface area contributed by atoms with Crippen molar-refractivity contribution in [2.75, 3.05) is 19.5 Å². The van der Waals surface area contributed by atoms with Crippen molar-refractivity contribution in [2.45, 2.75) is 18.5 Å². The summed E-state index contributed by atoms with van der Waals surface area (Å²) in [7, 11) is 0.847. The number of rotatable bonds is 7. The lowest BCUT2D eigenvalue weighted by atomic mass is 10.4. The molecule has 0 bridgehead atoms. The van der Waals surface area contributed by atoms with Crippen LogP contribution in [0.15, 0.2) is 12.2 Å². The lowest BCUT2D eigenvalue weighted by molar-refractivity contribution is -0.138. The van der Waals surface area contributed by atoms with Gasteiger partial charge in [-0.2, -0.15) is 8.78 Å². The summed E-state index contributed by atoms with van der Waals surface area (Å²) in [4.78, 5) is 10.8. The molecule has 0 aliphatic carbocycles. The Morgan fingerprint density at radius 1 is 1.56 bits per heavy atom. The highest BCUT2D eigenvalue weighted by Gasteiger charge is 2.41. The van der Waals surface area contributed by atoms with Gasteiger partial charge >= 0.3 is 11.2 Å². The molecule has 0 spiro atoms. The molecule has 7 heteroatoms. The molecule has 0 aromatic carbocycles.